The number of allylic oxidation sites excluding steroid dienone is 4. The van der Waals surface area contributed by atoms with Crippen molar-refractivity contribution in [3.05, 3.63) is 166 Å². The Labute approximate surface area is 249 Å². The molecule has 2 atom stereocenters. The molecular formula is C38H39SiZr. The number of hydrogen-bond donors (Lipinski definition) is 0. The molecule has 0 nitrogen and oxygen atoms in total. The van der Waals surface area contributed by atoms with E-state index in [2.05, 4.69) is 136 Å². The first-order valence-electron chi connectivity index (χ1n) is 14.4. The number of benzene rings is 4. The molecule has 4 aromatic carbocycles. The minimum atomic E-state index is -1.72. The van der Waals surface area contributed by atoms with Crippen LogP contribution in [0.4, 0.5) is 0 Å². The Hall–Kier alpha value is -3.06. The summed E-state index contributed by atoms with van der Waals surface area (Å²) in [5, 5.41) is 0. The molecule has 0 bridgehead atoms. The number of hydrogen-bond acceptors (Lipinski definition) is 0. The van der Waals surface area contributed by atoms with Crippen molar-refractivity contribution in [2.24, 2.45) is 0 Å². The molecule has 0 amide bonds. The second-order valence-corrected chi connectivity index (χ2v) is 31.2. The average Bonchev–Trinajstić information content (AvgIpc) is 3.48. The average molecular weight is 615 g/mol. The summed E-state index contributed by atoms with van der Waals surface area (Å²) < 4.78 is 1.57. The molecule has 0 saturated carbocycles. The molecule has 2 unspecified atom stereocenters. The first kappa shape index (κ1) is 28.5. The Morgan fingerprint density at radius 1 is 0.525 bits per heavy atom. The van der Waals surface area contributed by atoms with Crippen LogP contribution in [0, 0.1) is 0 Å². The zero-order valence-corrected chi connectivity index (χ0v) is 27.7. The van der Waals surface area contributed by atoms with E-state index < -0.39 is 26.8 Å². The van der Waals surface area contributed by atoms with Gasteiger partial charge in [-0.25, -0.2) is 0 Å². The summed E-state index contributed by atoms with van der Waals surface area (Å²) in [6.07, 6.45) is 13.2. The maximum absolute atomic E-state index is 2.62. The second kappa shape index (κ2) is 13.5. The van der Waals surface area contributed by atoms with Gasteiger partial charge in [0.15, 0.2) is 0 Å². The molecule has 0 aliphatic heterocycles. The van der Waals surface area contributed by atoms with Crippen molar-refractivity contribution < 1.29 is 20.9 Å². The van der Waals surface area contributed by atoms with Crippen molar-refractivity contribution in [3.8, 4) is 0 Å². The first-order valence-corrected chi connectivity index (χ1v) is 24.4. The van der Waals surface area contributed by atoms with Gasteiger partial charge in [0.2, 0.25) is 0 Å². The van der Waals surface area contributed by atoms with Crippen molar-refractivity contribution in [2.75, 3.05) is 0 Å². The van der Waals surface area contributed by atoms with Crippen LogP contribution in [0.1, 0.15) is 54.5 Å². The van der Waals surface area contributed by atoms with E-state index >= 15 is 0 Å². The van der Waals surface area contributed by atoms with E-state index in [1.807, 2.05) is 36.4 Å². The molecule has 4 aromatic rings. The van der Waals surface area contributed by atoms with Crippen molar-refractivity contribution in [2.45, 2.75) is 34.2 Å². The predicted octanol–water partition coefficient (Wildman–Crippen LogP) is 10.3. The molecule has 0 aromatic heterocycles. The maximum atomic E-state index is 2.62. The predicted molar refractivity (Wildman–Crippen MR) is 175 cm³/mol. The Morgan fingerprint density at radius 3 is 1.30 bits per heavy atom. The van der Waals surface area contributed by atoms with Crippen molar-refractivity contribution in [3.63, 3.8) is 0 Å². The van der Waals surface area contributed by atoms with Crippen LogP contribution in [0.5, 0.6) is 0 Å². The van der Waals surface area contributed by atoms with Gasteiger partial charge >= 0.3 is 155 Å². The van der Waals surface area contributed by atoms with E-state index in [-0.39, 0.29) is 0 Å². The third-order valence-electron chi connectivity index (χ3n) is 7.91. The molecule has 0 fully saturated rings. The Kier molecular flexibility index (Phi) is 9.63. The summed E-state index contributed by atoms with van der Waals surface area (Å²) in [5.41, 5.74) is 12.0. The van der Waals surface area contributed by atoms with Crippen LogP contribution in [0.15, 0.2) is 132 Å². The van der Waals surface area contributed by atoms with Gasteiger partial charge in [-0.05, 0) is 11.1 Å². The minimum absolute atomic E-state index is 0.671. The zero-order valence-electron chi connectivity index (χ0n) is 24.1. The van der Waals surface area contributed by atoms with Crippen LogP contribution in [-0.2, 0) is 20.9 Å². The molecule has 199 valence electrons. The number of fused-ring (bicyclic) bond motifs is 2. The van der Waals surface area contributed by atoms with Crippen molar-refractivity contribution in [1.29, 1.82) is 0 Å². The quantitative estimate of drug-likeness (QED) is 0.150. The molecular weight excluding hydrogens is 576 g/mol. The van der Waals surface area contributed by atoms with Gasteiger partial charge in [0.25, 0.3) is 0 Å². The molecule has 6 rings (SSSR count). The van der Waals surface area contributed by atoms with Crippen LogP contribution < -0.4 is 0 Å². The van der Waals surface area contributed by atoms with Gasteiger partial charge in [0, 0.05) is 0 Å². The molecule has 40 heavy (non-hydrogen) atoms. The Bertz CT molecular complexity index is 1430. The third-order valence-corrected chi connectivity index (χ3v) is 30.1. The molecule has 0 heterocycles. The molecule has 0 spiro atoms. The summed E-state index contributed by atoms with van der Waals surface area (Å²) in [6.45, 7) is 10.0. The fraction of sp³-hybridized carbons (Fsp3) is 0.158. The van der Waals surface area contributed by atoms with Crippen molar-refractivity contribution >= 4 is 30.2 Å². The number of rotatable bonds is 6. The van der Waals surface area contributed by atoms with Crippen LogP contribution in [0.2, 0.25) is 13.1 Å². The summed E-state index contributed by atoms with van der Waals surface area (Å²) >= 11 is -1.72. The molecule has 0 saturated heterocycles. The summed E-state index contributed by atoms with van der Waals surface area (Å²) in [5.74, 6) is -0.671. The fourth-order valence-electron chi connectivity index (χ4n) is 6.14. The van der Waals surface area contributed by atoms with Gasteiger partial charge in [-0.2, -0.15) is 0 Å². The van der Waals surface area contributed by atoms with Gasteiger partial charge in [0.05, 0.1) is 0 Å². The first-order chi connectivity index (χ1) is 19.5. The van der Waals surface area contributed by atoms with Gasteiger partial charge < -0.3 is 0 Å². The zero-order chi connectivity index (χ0) is 27.9. The fourth-order valence-corrected chi connectivity index (χ4v) is 29.4. The summed E-state index contributed by atoms with van der Waals surface area (Å²) in [4.78, 5) is 0. The van der Waals surface area contributed by atoms with Gasteiger partial charge in [0.1, 0.15) is 0 Å². The molecule has 2 aliphatic rings. The molecule has 2 aliphatic carbocycles. The standard InChI is InChI=1S/C16H14.2C10H9.C2H7Si.Zr/c1-3-9-15(10-4-1)13-7-8-14-16-11-5-2-6-12-16;2*1-8-6-9-4-2-3-5-10(9)7-8;1-3-2;/h1-14H;2*2-7H,1H3;3H,1-2H3;. The third kappa shape index (κ3) is 6.63. The Morgan fingerprint density at radius 2 is 0.900 bits per heavy atom. The van der Waals surface area contributed by atoms with Crippen molar-refractivity contribution in [1.82, 2.24) is 0 Å². The van der Waals surface area contributed by atoms with E-state index in [9.17, 15) is 0 Å². The molecule has 0 N–H and O–H groups in total. The normalized spacial score (nSPS) is 17.3. The topological polar surface area (TPSA) is 0 Å². The molecule has 0 radical (unpaired) electrons. The van der Waals surface area contributed by atoms with E-state index in [0.29, 0.717) is 0 Å². The van der Waals surface area contributed by atoms with Crippen LogP contribution in [0.3, 0.4) is 0 Å². The van der Waals surface area contributed by atoms with Crippen LogP contribution >= 0.6 is 0 Å². The van der Waals surface area contributed by atoms with E-state index in [1.54, 1.807) is 22.3 Å². The van der Waals surface area contributed by atoms with Gasteiger partial charge in [-0.3, -0.25) is 0 Å². The summed E-state index contributed by atoms with van der Waals surface area (Å²) in [7, 11) is 0. The monoisotopic (exact) mass is 613 g/mol. The SMILES string of the molecule is C(C=Cc1ccccc1)=Cc1ccccc1.CC1=Cc2ccccc2[CH]1[Zr]([CH]1C(C)=Cc2ccccc21)[SiH](C)C. The van der Waals surface area contributed by atoms with Gasteiger partial charge in [-0.15, -0.1) is 0 Å². The Balaban J connectivity index is 0.000000176. The van der Waals surface area contributed by atoms with Crippen LogP contribution in [-0.4, -0.2) is 5.92 Å². The second-order valence-electron chi connectivity index (χ2n) is 11.1. The van der Waals surface area contributed by atoms with E-state index in [4.69, 9.17) is 0 Å². The van der Waals surface area contributed by atoms with Gasteiger partial charge in [-0.1, -0.05) is 85.0 Å². The van der Waals surface area contributed by atoms with E-state index in [1.165, 1.54) is 22.3 Å². The molecule has 2 heteroatoms. The summed E-state index contributed by atoms with van der Waals surface area (Å²) in [6, 6.07) is 38.9. The van der Waals surface area contributed by atoms with Crippen LogP contribution in [0.25, 0.3) is 24.3 Å². The van der Waals surface area contributed by atoms with E-state index in [0.717, 1.165) is 7.25 Å².